The molecule has 3 aromatic carbocycles. The highest BCUT2D eigenvalue weighted by molar-refractivity contribution is 7.92. The van der Waals surface area contributed by atoms with Gasteiger partial charge in [0.1, 0.15) is 18.3 Å². The first-order valence-electron chi connectivity index (χ1n) is 15.3. The molecule has 12 heteroatoms. The lowest BCUT2D eigenvalue weighted by molar-refractivity contribution is -0.140. The zero-order valence-corrected chi connectivity index (χ0v) is 28.3. The van der Waals surface area contributed by atoms with Gasteiger partial charge in [0, 0.05) is 23.7 Å². The average Bonchev–Trinajstić information content (AvgIpc) is 3.07. The van der Waals surface area contributed by atoms with E-state index in [9.17, 15) is 18.0 Å². The van der Waals surface area contributed by atoms with Gasteiger partial charge >= 0.3 is 0 Å². The molecule has 1 atom stereocenters. The second kappa shape index (κ2) is 16.0. The summed E-state index contributed by atoms with van der Waals surface area (Å²) in [6.45, 7) is 1.33. The Morgan fingerprint density at radius 3 is 2.24 bits per heavy atom. The van der Waals surface area contributed by atoms with Gasteiger partial charge in [-0.1, -0.05) is 49.9 Å². The molecule has 248 valence electrons. The van der Waals surface area contributed by atoms with Crippen LogP contribution in [0.25, 0.3) is 0 Å². The number of anilines is 1. The lowest BCUT2D eigenvalue weighted by Gasteiger charge is -2.34. The minimum absolute atomic E-state index is 0.0417. The normalized spacial score (nSPS) is 14.2. The molecule has 1 saturated carbocycles. The van der Waals surface area contributed by atoms with Gasteiger partial charge in [0.05, 0.1) is 31.9 Å². The van der Waals surface area contributed by atoms with E-state index >= 15 is 0 Å². The number of rotatable bonds is 14. The third-order valence-corrected chi connectivity index (χ3v) is 10.2. The predicted molar refractivity (Wildman–Crippen MR) is 178 cm³/mol. The molecule has 1 aliphatic rings. The largest absolute Gasteiger partial charge is 0.497 e. The summed E-state index contributed by atoms with van der Waals surface area (Å²) in [6.07, 6.45) is 5.33. The van der Waals surface area contributed by atoms with Crippen molar-refractivity contribution >= 4 is 39.1 Å². The number of halogens is 1. The van der Waals surface area contributed by atoms with Crippen molar-refractivity contribution in [2.24, 2.45) is 0 Å². The SMILES string of the molecule is CC[C@@H](C(=O)NC1CCCCC1)N(Cc1cccc(OC)c1)C(=O)CN(c1ccc(Cl)cc1)S(=O)(=O)c1ccc(OC)c(OC)c1. The lowest BCUT2D eigenvalue weighted by Crippen LogP contribution is -2.54. The van der Waals surface area contributed by atoms with Crippen molar-refractivity contribution in [3.63, 3.8) is 0 Å². The molecule has 0 bridgehead atoms. The third-order valence-electron chi connectivity index (χ3n) is 8.16. The molecule has 2 amide bonds. The smallest absolute Gasteiger partial charge is 0.264 e. The zero-order valence-electron chi connectivity index (χ0n) is 26.7. The quantitative estimate of drug-likeness (QED) is 0.230. The maximum absolute atomic E-state index is 14.4. The molecule has 1 fully saturated rings. The fourth-order valence-corrected chi connectivity index (χ4v) is 7.23. The van der Waals surface area contributed by atoms with E-state index in [2.05, 4.69) is 5.32 Å². The number of hydrogen-bond acceptors (Lipinski definition) is 7. The van der Waals surface area contributed by atoms with Crippen molar-refractivity contribution in [2.75, 3.05) is 32.2 Å². The number of carbonyl (C=O) groups is 2. The van der Waals surface area contributed by atoms with Crippen LogP contribution in [0.15, 0.2) is 71.6 Å². The Morgan fingerprint density at radius 1 is 0.913 bits per heavy atom. The van der Waals surface area contributed by atoms with Gasteiger partial charge in [-0.2, -0.15) is 0 Å². The molecule has 4 rings (SSSR count). The Morgan fingerprint density at radius 2 is 1.61 bits per heavy atom. The summed E-state index contributed by atoms with van der Waals surface area (Å²) in [5, 5.41) is 3.56. The summed E-state index contributed by atoms with van der Waals surface area (Å²) in [5.41, 5.74) is 0.964. The maximum atomic E-state index is 14.4. The monoisotopic (exact) mass is 671 g/mol. The molecule has 0 radical (unpaired) electrons. The van der Waals surface area contributed by atoms with Crippen molar-refractivity contribution < 1.29 is 32.2 Å². The molecule has 0 unspecified atom stereocenters. The van der Waals surface area contributed by atoms with E-state index < -0.39 is 28.5 Å². The molecule has 0 spiro atoms. The number of ether oxygens (including phenoxy) is 3. The third kappa shape index (κ3) is 8.44. The van der Waals surface area contributed by atoms with E-state index in [0.29, 0.717) is 22.9 Å². The lowest BCUT2D eigenvalue weighted by atomic mass is 9.95. The summed E-state index contributed by atoms with van der Waals surface area (Å²) in [6, 6.07) is 16.9. The molecule has 3 aromatic rings. The van der Waals surface area contributed by atoms with Crippen LogP contribution in [-0.2, 0) is 26.2 Å². The standard InChI is InChI=1S/C34H42ClN3O7S/c1-5-30(34(40)36-26-11-7-6-8-12-26)37(22-24-10-9-13-28(20-24)43-2)33(39)23-38(27-16-14-25(35)15-17-27)46(41,42)29-18-19-31(44-3)32(21-29)45-4/h9-10,13-21,26,30H,5-8,11-12,22-23H2,1-4H3,(H,36,40)/t30-/m0/s1. The molecular weight excluding hydrogens is 630 g/mol. The van der Waals surface area contributed by atoms with E-state index in [0.717, 1.165) is 42.0 Å². The van der Waals surface area contributed by atoms with Gasteiger partial charge in [-0.05, 0) is 73.4 Å². The molecular formula is C34H42ClN3O7S. The second-order valence-corrected chi connectivity index (χ2v) is 13.4. The van der Waals surface area contributed by atoms with Crippen LogP contribution in [0.1, 0.15) is 51.0 Å². The Labute approximate surface area is 276 Å². The van der Waals surface area contributed by atoms with Crippen LogP contribution in [-0.4, -0.2) is 65.1 Å². The van der Waals surface area contributed by atoms with Crippen LogP contribution in [0.4, 0.5) is 5.69 Å². The van der Waals surface area contributed by atoms with Gasteiger partial charge < -0.3 is 24.4 Å². The number of nitrogens with one attached hydrogen (secondary N) is 1. The topological polar surface area (TPSA) is 114 Å². The number of sulfonamides is 1. The van der Waals surface area contributed by atoms with Gasteiger partial charge in [-0.15, -0.1) is 0 Å². The molecule has 10 nitrogen and oxygen atoms in total. The van der Waals surface area contributed by atoms with Crippen LogP contribution < -0.4 is 23.8 Å². The van der Waals surface area contributed by atoms with E-state index in [4.69, 9.17) is 25.8 Å². The molecule has 0 saturated heterocycles. The van der Waals surface area contributed by atoms with Gasteiger partial charge in [0.15, 0.2) is 11.5 Å². The van der Waals surface area contributed by atoms with Crippen LogP contribution in [0.2, 0.25) is 5.02 Å². The van der Waals surface area contributed by atoms with Gasteiger partial charge in [-0.25, -0.2) is 8.42 Å². The van der Waals surface area contributed by atoms with Crippen molar-refractivity contribution in [1.82, 2.24) is 10.2 Å². The van der Waals surface area contributed by atoms with Crippen LogP contribution in [0, 0.1) is 0 Å². The highest BCUT2D eigenvalue weighted by Crippen LogP contribution is 2.33. The van der Waals surface area contributed by atoms with Crippen molar-refractivity contribution in [2.45, 2.75) is 69.0 Å². The summed E-state index contributed by atoms with van der Waals surface area (Å²) in [7, 11) is 0.0934. The zero-order chi connectivity index (χ0) is 33.3. The number of nitrogens with zero attached hydrogens (tertiary/aromatic N) is 2. The molecule has 1 N–H and O–H groups in total. The second-order valence-electron chi connectivity index (χ2n) is 11.1. The Balaban J connectivity index is 1.74. The first kappa shape index (κ1) is 34.9. The van der Waals surface area contributed by atoms with Crippen molar-refractivity contribution in [3.8, 4) is 17.2 Å². The Bertz CT molecular complexity index is 1590. The van der Waals surface area contributed by atoms with Gasteiger partial charge in [0.25, 0.3) is 10.0 Å². The number of methoxy groups -OCH3 is 3. The van der Waals surface area contributed by atoms with Crippen molar-refractivity contribution in [1.29, 1.82) is 0 Å². The first-order chi connectivity index (χ1) is 22.1. The summed E-state index contributed by atoms with van der Waals surface area (Å²) >= 11 is 6.14. The van der Waals surface area contributed by atoms with Gasteiger partial charge in [-0.3, -0.25) is 13.9 Å². The first-order valence-corrected chi connectivity index (χ1v) is 17.2. The molecule has 0 aliphatic heterocycles. The van der Waals surface area contributed by atoms with Crippen LogP contribution in [0.5, 0.6) is 17.2 Å². The summed E-state index contributed by atoms with van der Waals surface area (Å²) < 4.78 is 45.6. The number of hydrogen-bond donors (Lipinski definition) is 1. The Kier molecular flexibility index (Phi) is 12.2. The fourth-order valence-electron chi connectivity index (χ4n) is 5.67. The van der Waals surface area contributed by atoms with E-state index in [-0.39, 0.29) is 34.8 Å². The van der Waals surface area contributed by atoms with E-state index in [1.54, 1.807) is 37.4 Å². The maximum Gasteiger partial charge on any atom is 0.264 e. The molecule has 1 aliphatic carbocycles. The summed E-state index contributed by atoms with van der Waals surface area (Å²) in [4.78, 5) is 29.5. The minimum atomic E-state index is -4.33. The van der Waals surface area contributed by atoms with Gasteiger partial charge in [0.2, 0.25) is 11.8 Å². The van der Waals surface area contributed by atoms with Crippen LogP contribution in [0.3, 0.4) is 0 Å². The fraction of sp³-hybridized carbons (Fsp3) is 0.412. The predicted octanol–water partition coefficient (Wildman–Crippen LogP) is 5.82. The van der Waals surface area contributed by atoms with Crippen molar-refractivity contribution in [3.05, 3.63) is 77.3 Å². The molecule has 0 heterocycles. The molecule has 0 aromatic heterocycles. The van der Waals surface area contributed by atoms with E-state index in [1.807, 2.05) is 13.0 Å². The number of amides is 2. The highest BCUT2D eigenvalue weighted by Gasteiger charge is 2.35. The average molecular weight is 672 g/mol. The minimum Gasteiger partial charge on any atom is -0.497 e. The Hall–Kier alpha value is -3.96. The van der Waals surface area contributed by atoms with E-state index in [1.165, 1.54) is 49.5 Å². The highest BCUT2D eigenvalue weighted by atomic mass is 35.5. The molecule has 46 heavy (non-hydrogen) atoms. The number of carbonyl (C=O) groups excluding carboxylic acids is 2. The van der Waals surface area contributed by atoms with Crippen LogP contribution >= 0.6 is 11.6 Å². The number of benzene rings is 3. The summed E-state index contributed by atoms with van der Waals surface area (Å²) in [5.74, 6) is 0.369.